The molecular formula is C11H15BrClFN2O. The molecule has 0 fully saturated rings. The maximum Gasteiger partial charge on any atom is 0.251 e. The minimum Gasteiger partial charge on any atom is -0.352 e. The first kappa shape index (κ1) is 16.4. The maximum absolute atomic E-state index is 13.2. The summed E-state index contributed by atoms with van der Waals surface area (Å²) in [6.07, 6.45) is 0. The number of carbonyl (C=O) groups is 1. The third kappa shape index (κ3) is 5.02. The highest BCUT2D eigenvalue weighted by Crippen LogP contribution is 2.16. The van der Waals surface area contributed by atoms with Crippen molar-refractivity contribution in [3.63, 3.8) is 0 Å². The minimum atomic E-state index is -0.445. The summed E-state index contributed by atoms with van der Waals surface area (Å²) in [4.78, 5) is 11.6. The molecule has 0 bridgehead atoms. The van der Waals surface area contributed by atoms with Crippen LogP contribution in [0.3, 0.4) is 0 Å². The predicted molar refractivity (Wildman–Crippen MR) is 71.9 cm³/mol. The Morgan fingerprint density at radius 3 is 2.76 bits per heavy atom. The molecule has 0 saturated carbocycles. The number of amides is 1. The molecule has 0 heterocycles. The smallest absolute Gasteiger partial charge is 0.251 e. The lowest BCUT2D eigenvalue weighted by molar-refractivity contribution is 0.0948. The van der Waals surface area contributed by atoms with E-state index in [0.29, 0.717) is 23.1 Å². The fraction of sp³-hybridized carbons (Fsp3) is 0.364. The van der Waals surface area contributed by atoms with E-state index < -0.39 is 5.82 Å². The number of hydrogen-bond acceptors (Lipinski definition) is 2. The number of nitrogens with two attached hydrogens (primary N) is 1. The summed E-state index contributed by atoms with van der Waals surface area (Å²) >= 11 is 3.03. The zero-order chi connectivity index (χ0) is 12.1. The van der Waals surface area contributed by atoms with Gasteiger partial charge in [0.05, 0.1) is 4.47 Å². The van der Waals surface area contributed by atoms with Gasteiger partial charge in [-0.1, -0.05) is 6.92 Å². The van der Waals surface area contributed by atoms with Gasteiger partial charge in [0.25, 0.3) is 5.91 Å². The molecule has 0 aliphatic heterocycles. The van der Waals surface area contributed by atoms with Crippen LogP contribution in [0.5, 0.6) is 0 Å². The Labute approximate surface area is 114 Å². The molecule has 1 rings (SSSR count). The third-order valence-corrected chi connectivity index (χ3v) is 2.84. The van der Waals surface area contributed by atoms with Gasteiger partial charge in [-0.2, -0.15) is 0 Å². The van der Waals surface area contributed by atoms with Gasteiger partial charge in [0, 0.05) is 12.1 Å². The molecule has 1 aromatic rings. The van der Waals surface area contributed by atoms with Crippen LogP contribution in [0.4, 0.5) is 4.39 Å². The fourth-order valence-electron chi connectivity index (χ4n) is 1.09. The molecule has 0 aliphatic rings. The van der Waals surface area contributed by atoms with E-state index in [1.54, 1.807) is 6.07 Å². The molecule has 3 N–H and O–H groups in total. The SMILES string of the molecule is CC(CN)CNC(=O)c1ccc(Br)c(F)c1.Cl. The highest BCUT2D eigenvalue weighted by Gasteiger charge is 2.09. The van der Waals surface area contributed by atoms with Crippen LogP contribution in [0.15, 0.2) is 22.7 Å². The van der Waals surface area contributed by atoms with Gasteiger partial charge in [0.2, 0.25) is 0 Å². The minimum absolute atomic E-state index is 0. The first-order valence-electron chi connectivity index (χ1n) is 4.98. The van der Waals surface area contributed by atoms with Gasteiger partial charge < -0.3 is 11.1 Å². The first-order valence-corrected chi connectivity index (χ1v) is 5.77. The van der Waals surface area contributed by atoms with Gasteiger partial charge in [-0.3, -0.25) is 4.79 Å². The molecule has 6 heteroatoms. The number of benzene rings is 1. The molecule has 1 unspecified atom stereocenters. The van der Waals surface area contributed by atoms with E-state index in [4.69, 9.17) is 5.73 Å². The third-order valence-electron chi connectivity index (χ3n) is 2.20. The summed E-state index contributed by atoms with van der Waals surface area (Å²) in [6, 6.07) is 4.28. The first-order chi connectivity index (χ1) is 7.54. The summed E-state index contributed by atoms with van der Waals surface area (Å²) in [5.74, 6) is -0.518. The summed E-state index contributed by atoms with van der Waals surface area (Å²) in [7, 11) is 0. The predicted octanol–water partition coefficient (Wildman–Crippen LogP) is 2.33. The normalized spacial score (nSPS) is 11.5. The van der Waals surface area contributed by atoms with Gasteiger partial charge in [-0.15, -0.1) is 12.4 Å². The van der Waals surface area contributed by atoms with Crippen molar-refractivity contribution in [2.75, 3.05) is 13.1 Å². The van der Waals surface area contributed by atoms with E-state index >= 15 is 0 Å². The molecule has 1 atom stereocenters. The lowest BCUT2D eigenvalue weighted by Crippen LogP contribution is -2.31. The molecule has 1 amide bonds. The van der Waals surface area contributed by atoms with Crippen molar-refractivity contribution < 1.29 is 9.18 Å². The standard InChI is InChI=1S/C11H14BrFN2O.ClH/c1-7(5-14)6-15-11(16)8-2-3-9(12)10(13)4-8;/h2-4,7H,5-6,14H2,1H3,(H,15,16);1H. The van der Waals surface area contributed by atoms with Crippen LogP contribution in [0.1, 0.15) is 17.3 Å². The molecular weight excluding hydrogens is 310 g/mol. The van der Waals surface area contributed by atoms with Crippen molar-refractivity contribution in [2.45, 2.75) is 6.92 Å². The Bertz CT molecular complexity index is 390. The Hall–Kier alpha value is -0.650. The summed E-state index contributed by atoms with van der Waals surface area (Å²) in [5.41, 5.74) is 5.73. The summed E-state index contributed by atoms with van der Waals surface area (Å²) in [5, 5.41) is 2.70. The topological polar surface area (TPSA) is 55.1 Å². The number of rotatable bonds is 4. The van der Waals surface area contributed by atoms with Gasteiger partial charge in [-0.25, -0.2) is 4.39 Å². The quantitative estimate of drug-likeness (QED) is 0.893. The van der Waals surface area contributed by atoms with E-state index in [0.717, 1.165) is 0 Å². The summed E-state index contributed by atoms with van der Waals surface area (Å²) < 4.78 is 13.5. The van der Waals surface area contributed by atoms with Crippen molar-refractivity contribution in [1.82, 2.24) is 5.32 Å². The molecule has 0 spiro atoms. The number of hydrogen-bond donors (Lipinski definition) is 2. The van der Waals surface area contributed by atoms with Crippen LogP contribution in [-0.4, -0.2) is 19.0 Å². The van der Waals surface area contributed by atoms with E-state index in [1.165, 1.54) is 12.1 Å². The zero-order valence-electron chi connectivity index (χ0n) is 9.37. The lowest BCUT2D eigenvalue weighted by atomic mass is 10.1. The van der Waals surface area contributed by atoms with Crippen LogP contribution in [0.2, 0.25) is 0 Å². The van der Waals surface area contributed by atoms with E-state index in [9.17, 15) is 9.18 Å². The average Bonchev–Trinajstić information content (AvgIpc) is 2.29. The fourth-order valence-corrected chi connectivity index (χ4v) is 1.34. The Morgan fingerprint density at radius 2 is 2.24 bits per heavy atom. The van der Waals surface area contributed by atoms with Crippen LogP contribution >= 0.6 is 28.3 Å². The van der Waals surface area contributed by atoms with Gasteiger partial charge >= 0.3 is 0 Å². The van der Waals surface area contributed by atoms with Crippen molar-refractivity contribution in [3.8, 4) is 0 Å². The molecule has 0 aliphatic carbocycles. The van der Waals surface area contributed by atoms with Crippen molar-refractivity contribution in [1.29, 1.82) is 0 Å². The number of carbonyl (C=O) groups excluding carboxylic acids is 1. The average molecular weight is 326 g/mol. The summed E-state index contributed by atoms with van der Waals surface area (Å²) in [6.45, 7) is 2.93. The highest BCUT2D eigenvalue weighted by atomic mass is 79.9. The Morgan fingerprint density at radius 1 is 1.59 bits per heavy atom. The van der Waals surface area contributed by atoms with E-state index in [-0.39, 0.29) is 24.2 Å². The van der Waals surface area contributed by atoms with Gasteiger partial charge in [-0.05, 0) is 46.6 Å². The molecule has 0 saturated heterocycles. The monoisotopic (exact) mass is 324 g/mol. The van der Waals surface area contributed by atoms with E-state index in [1.807, 2.05) is 6.92 Å². The van der Waals surface area contributed by atoms with E-state index in [2.05, 4.69) is 21.2 Å². The van der Waals surface area contributed by atoms with Crippen molar-refractivity contribution in [2.24, 2.45) is 11.7 Å². The highest BCUT2D eigenvalue weighted by molar-refractivity contribution is 9.10. The molecule has 1 aromatic carbocycles. The largest absolute Gasteiger partial charge is 0.352 e. The van der Waals surface area contributed by atoms with Crippen molar-refractivity contribution in [3.05, 3.63) is 34.1 Å². The van der Waals surface area contributed by atoms with Crippen molar-refractivity contribution >= 4 is 34.2 Å². The molecule has 0 radical (unpaired) electrons. The zero-order valence-corrected chi connectivity index (χ0v) is 11.8. The molecule has 3 nitrogen and oxygen atoms in total. The van der Waals surface area contributed by atoms with Crippen LogP contribution in [0, 0.1) is 11.7 Å². The number of nitrogens with one attached hydrogen (secondary N) is 1. The maximum atomic E-state index is 13.2. The van der Waals surface area contributed by atoms with Gasteiger partial charge in [0.15, 0.2) is 0 Å². The van der Waals surface area contributed by atoms with Crippen LogP contribution in [0.25, 0.3) is 0 Å². The van der Waals surface area contributed by atoms with Gasteiger partial charge in [0.1, 0.15) is 5.82 Å². The lowest BCUT2D eigenvalue weighted by Gasteiger charge is -2.10. The Balaban J connectivity index is 0.00000256. The second-order valence-corrected chi connectivity index (χ2v) is 4.53. The molecule has 96 valence electrons. The number of halogens is 3. The molecule has 17 heavy (non-hydrogen) atoms. The second-order valence-electron chi connectivity index (χ2n) is 3.68. The van der Waals surface area contributed by atoms with Crippen LogP contribution in [-0.2, 0) is 0 Å². The molecule has 0 aromatic heterocycles. The Kier molecular flexibility index (Phi) is 7.34. The van der Waals surface area contributed by atoms with Crippen LogP contribution < -0.4 is 11.1 Å². The second kappa shape index (κ2) is 7.63.